The van der Waals surface area contributed by atoms with Gasteiger partial charge in [-0.05, 0) is 52.0 Å². The highest BCUT2D eigenvalue weighted by atomic mass is 16.5. The first-order valence-electron chi connectivity index (χ1n) is 6.92. The lowest BCUT2D eigenvalue weighted by molar-refractivity contribution is -0.178. The molecule has 0 bridgehead atoms. The number of aromatic hydroxyl groups is 1. The number of ether oxygens (including phenoxy) is 1. The van der Waals surface area contributed by atoms with Gasteiger partial charge < -0.3 is 9.84 Å². The topological polar surface area (TPSA) is 49.8 Å². The summed E-state index contributed by atoms with van der Waals surface area (Å²) in [4.78, 5) is 14.4. The summed E-state index contributed by atoms with van der Waals surface area (Å²) in [7, 11) is 0. The van der Waals surface area contributed by atoms with E-state index in [0.717, 1.165) is 13.1 Å². The Morgan fingerprint density at radius 2 is 1.65 bits per heavy atom. The van der Waals surface area contributed by atoms with Crippen molar-refractivity contribution in [3.05, 3.63) is 29.8 Å². The Labute approximate surface area is 120 Å². The van der Waals surface area contributed by atoms with Crippen LogP contribution in [0.25, 0.3) is 0 Å². The maximum absolute atomic E-state index is 12.3. The number of benzene rings is 1. The van der Waals surface area contributed by atoms with Crippen molar-refractivity contribution in [1.82, 2.24) is 4.90 Å². The first-order valence-corrected chi connectivity index (χ1v) is 6.92. The molecule has 1 aliphatic heterocycles. The van der Waals surface area contributed by atoms with Crippen molar-refractivity contribution < 1.29 is 14.6 Å². The summed E-state index contributed by atoms with van der Waals surface area (Å²) in [5.41, 5.74) is 0.124. The van der Waals surface area contributed by atoms with Gasteiger partial charge >= 0.3 is 0 Å². The SMILES string of the molecule is CC1(C)CN(CC(=O)c2ccc(O)cc2)CC(C)(C)O1. The number of rotatable bonds is 3. The monoisotopic (exact) mass is 277 g/mol. The molecule has 0 unspecified atom stereocenters. The molecule has 0 saturated carbocycles. The highest BCUT2D eigenvalue weighted by Crippen LogP contribution is 2.28. The van der Waals surface area contributed by atoms with E-state index in [1.165, 1.54) is 0 Å². The molecule has 4 nitrogen and oxygen atoms in total. The average molecular weight is 277 g/mol. The lowest BCUT2D eigenvalue weighted by Crippen LogP contribution is -2.58. The predicted molar refractivity (Wildman–Crippen MR) is 78.1 cm³/mol. The number of ketones is 1. The van der Waals surface area contributed by atoms with Gasteiger partial charge in [0.2, 0.25) is 0 Å². The number of Topliss-reactive ketones (excluding diaryl/α,β-unsaturated/α-hetero) is 1. The summed E-state index contributed by atoms with van der Waals surface area (Å²) >= 11 is 0. The third-order valence-corrected chi connectivity index (χ3v) is 3.32. The van der Waals surface area contributed by atoms with E-state index in [4.69, 9.17) is 4.74 Å². The zero-order valence-electron chi connectivity index (χ0n) is 12.6. The molecule has 1 N–H and O–H groups in total. The van der Waals surface area contributed by atoms with Gasteiger partial charge in [-0.1, -0.05) is 0 Å². The van der Waals surface area contributed by atoms with Gasteiger partial charge in [-0.15, -0.1) is 0 Å². The zero-order valence-corrected chi connectivity index (χ0v) is 12.6. The maximum Gasteiger partial charge on any atom is 0.176 e. The molecule has 0 spiro atoms. The Hall–Kier alpha value is -1.39. The Morgan fingerprint density at radius 3 is 2.15 bits per heavy atom. The van der Waals surface area contributed by atoms with Gasteiger partial charge in [-0.3, -0.25) is 9.69 Å². The molecule has 20 heavy (non-hydrogen) atoms. The molecule has 2 rings (SSSR count). The van der Waals surface area contributed by atoms with E-state index in [2.05, 4.69) is 4.90 Å². The molecule has 0 amide bonds. The molecule has 1 aromatic rings. The number of phenols is 1. The van der Waals surface area contributed by atoms with Crippen LogP contribution < -0.4 is 0 Å². The first-order chi connectivity index (χ1) is 9.17. The second-order valence-corrected chi connectivity index (χ2v) is 6.74. The van der Waals surface area contributed by atoms with Crippen molar-refractivity contribution in [3.63, 3.8) is 0 Å². The summed E-state index contributed by atoms with van der Waals surface area (Å²) in [6.07, 6.45) is 0. The number of phenolic OH excluding ortho intramolecular Hbond substituents is 1. The molecular weight excluding hydrogens is 254 g/mol. The molecule has 1 aromatic carbocycles. The number of hydrogen-bond acceptors (Lipinski definition) is 4. The number of carbonyl (C=O) groups is 1. The zero-order chi connectivity index (χ0) is 15.0. The van der Waals surface area contributed by atoms with Crippen LogP contribution in [0.15, 0.2) is 24.3 Å². The van der Waals surface area contributed by atoms with Crippen molar-refractivity contribution in [1.29, 1.82) is 0 Å². The number of hydrogen-bond donors (Lipinski definition) is 1. The van der Waals surface area contributed by atoms with E-state index >= 15 is 0 Å². The smallest absolute Gasteiger partial charge is 0.176 e. The Morgan fingerprint density at radius 1 is 1.15 bits per heavy atom. The van der Waals surface area contributed by atoms with Crippen LogP contribution in [0.1, 0.15) is 38.1 Å². The molecule has 1 fully saturated rings. The van der Waals surface area contributed by atoms with Gasteiger partial charge in [-0.2, -0.15) is 0 Å². The minimum Gasteiger partial charge on any atom is -0.508 e. The van der Waals surface area contributed by atoms with Crippen LogP contribution in [0.2, 0.25) is 0 Å². The summed E-state index contributed by atoms with van der Waals surface area (Å²) in [6.45, 7) is 10.0. The fraction of sp³-hybridized carbons (Fsp3) is 0.562. The average Bonchev–Trinajstić information content (AvgIpc) is 2.25. The van der Waals surface area contributed by atoms with Crippen LogP contribution >= 0.6 is 0 Å². The van der Waals surface area contributed by atoms with Gasteiger partial charge in [0, 0.05) is 18.7 Å². The largest absolute Gasteiger partial charge is 0.508 e. The molecule has 1 saturated heterocycles. The molecule has 110 valence electrons. The van der Waals surface area contributed by atoms with Crippen LogP contribution in [-0.2, 0) is 4.74 Å². The quantitative estimate of drug-likeness (QED) is 0.862. The number of nitrogens with zero attached hydrogens (tertiary/aromatic N) is 1. The van der Waals surface area contributed by atoms with Crippen molar-refractivity contribution in [2.24, 2.45) is 0 Å². The van der Waals surface area contributed by atoms with E-state index < -0.39 is 0 Å². The van der Waals surface area contributed by atoms with Gasteiger partial charge in [0.15, 0.2) is 5.78 Å². The van der Waals surface area contributed by atoms with Crippen molar-refractivity contribution in [2.75, 3.05) is 19.6 Å². The molecule has 4 heteroatoms. The van der Waals surface area contributed by atoms with Gasteiger partial charge in [0.25, 0.3) is 0 Å². The third-order valence-electron chi connectivity index (χ3n) is 3.32. The van der Waals surface area contributed by atoms with Gasteiger partial charge in [-0.25, -0.2) is 0 Å². The molecule has 0 aliphatic carbocycles. The van der Waals surface area contributed by atoms with Gasteiger partial charge in [0.05, 0.1) is 17.7 Å². The molecule has 0 aromatic heterocycles. The Bertz CT molecular complexity index is 475. The van der Waals surface area contributed by atoms with E-state index in [1.54, 1.807) is 24.3 Å². The molecule has 1 heterocycles. The van der Waals surface area contributed by atoms with E-state index in [9.17, 15) is 9.90 Å². The highest BCUT2D eigenvalue weighted by molar-refractivity contribution is 5.97. The van der Waals surface area contributed by atoms with Crippen LogP contribution in [-0.4, -0.2) is 46.6 Å². The lowest BCUT2D eigenvalue weighted by Gasteiger charge is -2.47. The molecule has 0 radical (unpaired) electrons. The summed E-state index contributed by atoms with van der Waals surface area (Å²) < 4.78 is 6.01. The minimum absolute atomic E-state index is 0.0681. The normalized spacial score (nSPS) is 21.6. The van der Waals surface area contributed by atoms with Crippen molar-refractivity contribution in [3.8, 4) is 5.75 Å². The van der Waals surface area contributed by atoms with Crippen LogP contribution in [0.5, 0.6) is 5.75 Å². The minimum atomic E-state index is -0.253. The standard InChI is InChI=1S/C16H23NO3/c1-15(2)10-17(11-16(3,4)20-15)9-14(19)12-5-7-13(18)8-6-12/h5-8,18H,9-11H2,1-4H3. The van der Waals surface area contributed by atoms with Crippen LogP contribution in [0, 0.1) is 0 Å². The molecule has 1 aliphatic rings. The van der Waals surface area contributed by atoms with E-state index in [1.807, 2.05) is 27.7 Å². The summed E-state index contributed by atoms with van der Waals surface area (Å²) in [6, 6.07) is 6.41. The fourth-order valence-electron chi connectivity index (χ4n) is 3.00. The van der Waals surface area contributed by atoms with Crippen molar-refractivity contribution >= 4 is 5.78 Å². The fourth-order valence-corrected chi connectivity index (χ4v) is 3.00. The maximum atomic E-state index is 12.3. The Kier molecular flexibility index (Phi) is 3.89. The lowest BCUT2D eigenvalue weighted by atomic mass is 9.98. The summed E-state index contributed by atoms with van der Waals surface area (Å²) in [5.74, 6) is 0.244. The second-order valence-electron chi connectivity index (χ2n) is 6.74. The highest BCUT2D eigenvalue weighted by Gasteiger charge is 2.38. The van der Waals surface area contributed by atoms with Crippen LogP contribution in [0.3, 0.4) is 0 Å². The summed E-state index contributed by atoms with van der Waals surface area (Å²) in [5, 5.41) is 9.26. The van der Waals surface area contributed by atoms with E-state index in [0.29, 0.717) is 12.1 Å². The second kappa shape index (κ2) is 5.19. The third kappa shape index (κ3) is 3.81. The molecular formula is C16H23NO3. The van der Waals surface area contributed by atoms with Crippen molar-refractivity contribution in [2.45, 2.75) is 38.9 Å². The first kappa shape index (κ1) is 15.0. The Balaban J connectivity index is 2.05. The predicted octanol–water partition coefficient (Wildman–Crippen LogP) is 2.46. The van der Waals surface area contributed by atoms with Gasteiger partial charge in [0.1, 0.15) is 5.75 Å². The van der Waals surface area contributed by atoms with Crippen LogP contribution in [0.4, 0.5) is 0 Å². The molecule has 0 atom stereocenters. The van der Waals surface area contributed by atoms with E-state index in [-0.39, 0.29) is 22.7 Å². The number of morpholine rings is 1. The number of carbonyl (C=O) groups excluding carboxylic acids is 1.